The lowest BCUT2D eigenvalue weighted by molar-refractivity contribution is 0.385. The molecule has 1 aliphatic heterocycles. The van der Waals surface area contributed by atoms with Crippen molar-refractivity contribution in [2.45, 2.75) is 24.7 Å². The number of anilines is 2. The quantitative estimate of drug-likeness (QED) is 0.406. The van der Waals surface area contributed by atoms with Gasteiger partial charge in [0.25, 0.3) is 0 Å². The van der Waals surface area contributed by atoms with Crippen LogP contribution in [0.5, 0.6) is 0 Å². The molecule has 8 nitrogen and oxygen atoms in total. The molecule has 1 aliphatic rings. The number of nitrogens with two attached hydrogens (primary N) is 1. The highest BCUT2D eigenvalue weighted by molar-refractivity contribution is 7.89. The van der Waals surface area contributed by atoms with Gasteiger partial charge in [-0.25, -0.2) is 18.4 Å². The summed E-state index contributed by atoms with van der Waals surface area (Å²) in [7, 11) is -3.66. The molecule has 4 aromatic rings. The summed E-state index contributed by atoms with van der Waals surface area (Å²) < 4.78 is 28.5. The van der Waals surface area contributed by atoms with Crippen molar-refractivity contribution in [2.24, 2.45) is 0 Å². The Kier molecular flexibility index (Phi) is 6.90. The van der Waals surface area contributed by atoms with Gasteiger partial charge in [-0.2, -0.15) is 4.31 Å². The largest absolute Gasteiger partial charge is 0.368 e. The van der Waals surface area contributed by atoms with Crippen molar-refractivity contribution in [2.75, 3.05) is 36.8 Å². The maximum Gasteiger partial charge on any atom is 0.243 e. The predicted molar refractivity (Wildman–Crippen MR) is 147 cm³/mol. The normalized spacial score (nSPS) is 14.7. The molecule has 5 rings (SSSR count). The molecule has 0 bridgehead atoms. The molecule has 3 heterocycles. The number of nitrogens with zero attached hydrogens (tertiary/aromatic N) is 5. The Morgan fingerprint density at radius 2 is 1.51 bits per heavy atom. The Morgan fingerprint density at radius 1 is 0.811 bits per heavy atom. The summed E-state index contributed by atoms with van der Waals surface area (Å²) in [4.78, 5) is 15.2. The van der Waals surface area contributed by atoms with Gasteiger partial charge in [-0.15, -0.1) is 0 Å². The van der Waals surface area contributed by atoms with Gasteiger partial charge >= 0.3 is 0 Å². The summed E-state index contributed by atoms with van der Waals surface area (Å²) in [5.41, 5.74) is 11.3. The fourth-order valence-corrected chi connectivity index (χ4v) is 6.01. The first kappa shape index (κ1) is 24.9. The summed E-state index contributed by atoms with van der Waals surface area (Å²) in [5, 5.41) is 0. The molecule has 0 atom stereocenters. The molecule has 2 aromatic carbocycles. The first-order valence-electron chi connectivity index (χ1n) is 12.3. The number of piperazine rings is 1. The standard InChI is InChI=1S/C28H30N6O2S/c1-20(2)21-8-10-22(11-9-21)27-26(7-4-12-30-27)33-13-15-34(16-14-33)37(35,36)25-6-3-5-23(17-25)24-18-31-28(29)32-19-24/h3-12,17-20H,13-16H2,1-2H3,(H2,29,31,32). The zero-order valence-electron chi connectivity index (χ0n) is 20.9. The molecular formula is C28H30N6O2S. The molecular weight excluding hydrogens is 484 g/mol. The van der Waals surface area contributed by atoms with Crippen molar-refractivity contribution in [3.63, 3.8) is 0 Å². The number of rotatable bonds is 6. The molecule has 0 amide bonds. The smallest absolute Gasteiger partial charge is 0.243 e. The van der Waals surface area contributed by atoms with Crippen molar-refractivity contribution in [1.29, 1.82) is 0 Å². The lowest BCUT2D eigenvalue weighted by Gasteiger charge is -2.36. The van der Waals surface area contributed by atoms with Crippen molar-refractivity contribution in [3.8, 4) is 22.4 Å². The summed E-state index contributed by atoms with van der Waals surface area (Å²) >= 11 is 0. The second-order valence-corrected chi connectivity index (χ2v) is 11.3. The van der Waals surface area contributed by atoms with E-state index < -0.39 is 10.0 Å². The van der Waals surface area contributed by atoms with Crippen molar-refractivity contribution >= 4 is 21.7 Å². The number of pyridine rings is 1. The van der Waals surface area contributed by atoms with Crippen molar-refractivity contribution < 1.29 is 8.42 Å². The van der Waals surface area contributed by atoms with E-state index in [1.54, 1.807) is 41.1 Å². The molecule has 37 heavy (non-hydrogen) atoms. The molecule has 0 aliphatic carbocycles. The number of sulfonamides is 1. The third-order valence-electron chi connectivity index (χ3n) is 6.69. The SMILES string of the molecule is CC(C)c1ccc(-c2ncccc2N2CCN(S(=O)(=O)c3cccc(-c4cnc(N)nc4)c3)CC2)cc1. The number of benzene rings is 2. The van der Waals surface area contributed by atoms with Crippen LogP contribution < -0.4 is 10.6 Å². The zero-order chi connectivity index (χ0) is 26.0. The third kappa shape index (κ3) is 5.19. The highest BCUT2D eigenvalue weighted by Crippen LogP contribution is 2.31. The molecule has 9 heteroatoms. The maximum absolute atomic E-state index is 13.5. The van der Waals surface area contributed by atoms with E-state index in [-0.39, 0.29) is 10.8 Å². The minimum Gasteiger partial charge on any atom is -0.368 e. The van der Waals surface area contributed by atoms with E-state index in [0.29, 0.717) is 37.7 Å². The summed E-state index contributed by atoms with van der Waals surface area (Å²) in [6.45, 7) is 6.28. The van der Waals surface area contributed by atoms with Gasteiger partial charge < -0.3 is 10.6 Å². The van der Waals surface area contributed by atoms with Crippen LogP contribution in [0.1, 0.15) is 25.3 Å². The first-order chi connectivity index (χ1) is 17.8. The third-order valence-corrected chi connectivity index (χ3v) is 8.59. The molecule has 1 saturated heterocycles. The van der Waals surface area contributed by atoms with Crippen LogP contribution in [0, 0.1) is 0 Å². The Balaban J connectivity index is 1.33. The average molecular weight is 515 g/mol. The van der Waals surface area contributed by atoms with Crippen LogP contribution in [0.2, 0.25) is 0 Å². The highest BCUT2D eigenvalue weighted by atomic mass is 32.2. The summed E-state index contributed by atoms with van der Waals surface area (Å²) in [6.07, 6.45) is 4.98. The first-order valence-corrected chi connectivity index (χ1v) is 13.8. The predicted octanol–water partition coefficient (Wildman–Crippen LogP) is 4.42. The Bertz CT molecular complexity index is 1480. The molecule has 2 aromatic heterocycles. The van der Waals surface area contributed by atoms with Crippen LogP contribution >= 0.6 is 0 Å². The van der Waals surface area contributed by atoms with Gasteiger partial charge in [-0.3, -0.25) is 4.98 Å². The lowest BCUT2D eigenvalue weighted by Crippen LogP contribution is -2.48. The van der Waals surface area contributed by atoms with Crippen molar-refractivity contribution in [1.82, 2.24) is 19.3 Å². The summed E-state index contributed by atoms with van der Waals surface area (Å²) in [5.74, 6) is 0.641. The maximum atomic E-state index is 13.5. The fourth-order valence-electron chi connectivity index (χ4n) is 4.54. The van der Waals surface area contributed by atoms with E-state index in [1.165, 1.54) is 5.56 Å². The molecule has 0 saturated carbocycles. The van der Waals surface area contributed by atoms with E-state index in [4.69, 9.17) is 5.73 Å². The van der Waals surface area contributed by atoms with Gasteiger partial charge in [0.1, 0.15) is 0 Å². The monoisotopic (exact) mass is 514 g/mol. The second-order valence-electron chi connectivity index (χ2n) is 9.40. The minimum absolute atomic E-state index is 0.176. The number of aromatic nitrogens is 3. The van der Waals surface area contributed by atoms with Gasteiger partial charge in [-0.05, 0) is 41.3 Å². The van der Waals surface area contributed by atoms with Gasteiger partial charge in [-0.1, -0.05) is 50.2 Å². The van der Waals surface area contributed by atoms with E-state index in [2.05, 4.69) is 64.0 Å². The van der Waals surface area contributed by atoms with Crippen LogP contribution in [0.15, 0.2) is 84.1 Å². The number of hydrogen-bond acceptors (Lipinski definition) is 7. The summed E-state index contributed by atoms with van der Waals surface area (Å²) in [6, 6.07) is 19.4. The molecule has 2 N–H and O–H groups in total. The Hall–Kier alpha value is -3.82. The Labute approximate surface area is 217 Å². The van der Waals surface area contributed by atoms with E-state index in [1.807, 2.05) is 12.1 Å². The van der Waals surface area contributed by atoms with E-state index in [0.717, 1.165) is 22.5 Å². The van der Waals surface area contributed by atoms with Crippen LogP contribution in [0.25, 0.3) is 22.4 Å². The molecule has 0 radical (unpaired) electrons. The van der Waals surface area contributed by atoms with Gasteiger partial charge in [0.05, 0.1) is 16.3 Å². The molecule has 190 valence electrons. The van der Waals surface area contributed by atoms with E-state index in [9.17, 15) is 8.42 Å². The average Bonchev–Trinajstić information content (AvgIpc) is 2.93. The van der Waals surface area contributed by atoms with Crippen LogP contribution in [0.3, 0.4) is 0 Å². The number of nitrogen functional groups attached to an aromatic ring is 1. The van der Waals surface area contributed by atoms with Gasteiger partial charge in [0, 0.05) is 55.9 Å². The second kappa shape index (κ2) is 10.3. The number of hydrogen-bond donors (Lipinski definition) is 1. The zero-order valence-corrected chi connectivity index (χ0v) is 21.8. The minimum atomic E-state index is -3.66. The van der Waals surface area contributed by atoms with Crippen LogP contribution in [-0.2, 0) is 10.0 Å². The van der Waals surface area contributed by atoms with Crippen molar-refractivity contribution in [3.05, 3.63) is 84.8 Å². The van der Waals surface area contributed by atoms with E-state index >= 15 is 0 Å². The topological polar surface area (TPSA) is 105 Å². The van der Waals surface area contributed by atoms with Gasteiger partial charge in [0.15, 0.2) is 0 Å². The lowest BCUT2D eigenvalue weighted by atomic mass is 10.00. The van der Waals surface area contributed by atoms with Gasteiger partial charge in [0.2, 0.25) is 16.0 Å². The fraction of sp³-hybridized carbons (Fsp3) is 0.250. The highest BCUT2D eigenvalue weighted by Gasteiger charge is 2.29. The van der Waals surface area contributed by atoms with Crippen LogP contribution in [-0.4, -0.2) is 53.9 Å². The molecule has 0 unspecified atom stereocenters. The molecule has 0 spiro atoms. The van der Waals surface area contributed by atoms with Crippen LogP contribution in [0.4, 0.5) is 11.6 Å². The Morgan fingerprint density at radius 3 is 2.19 bits per heavy atom. The molecule has 1 fully saturated rings.